The summed E-state index contributed by atoms with van der Waals surface area (Å²) in [6.45, 7) is 0.970. The van der Waals surface area contributed by atoms with Crippen LogP contribution in [-0.2, 0) is 13.0 Å². The van der Waals surface area contributed by atoms with E-state index in [1.165, 1.54) is 33.4 Å². The van der Waals surface area contributed by atoms with Crippen LogP contribution in [0.3, 0.4) is 0 Å². The van der Waals surface area contributed by atoms with Gasteiger partial charge in [-0.15, -0.1) is 0 Å². The smallest absolute Gasteiger partial charge is 0.231 e. The normalized spacial score (nSPS) is 12.7. The molecule has 3 N–H and O–H groups in total. The van der Waals surface area contributed by atoms with Gasteiger partial charge in [0.05, 0.1) is 11.1 Å². The van der Waals surface area contributed by atoms with Crippen molar-refractivity contribution in [3.05, 3.63) is 58.6 Å². The van der Waals surface area contributed by atoms with Gasteiger partial charge < -0.3 is 23.1 Å². The number of H-pyrrole nitrogens is 1. The number of nitrogens with one attached hydrogen (secondary N) is 1. The maximum absolute atomic E-state index is 6.34. The van der Waals surface area contributed by atoms with Crippen LogP contribution in [-0.4, -0.2) is 4.98 Å². The Morgan fingerprint density at radius 2 is 1.88 bits per heavy atom. The SMILES string of the molecule is Nc1cc2[n+](c3cc(Br)ccc13)CCc1c-2[nH]c2ccccc12.[Cl-]. The summed E-state index contributed by atoms with van der Waals surface area (Å²) in [6, 6.07) is 16.9. The zero-order valence-corrected chi connectivity index (χ0v) is 15.2. The highest BCUT2D eigenvalue weighted by molar-refractivity contribution is 9.10. The number of pyridine rings is 1. The molecule has 4 aromatic rings. The molecule has 0 spiro atoms. The average Bonchev–Trinajstić information content (AvgIpc) is 2.94. The van der Waals surface area contributed by atoms with E-state index in [1.54, 1.807) is 0 Å². The largest absolute Gasteiger partial charge is 1.00 e. The molecule has 0 amide bonds. The lowest BCUT2D eigenvalue weighted by atomic mass is 10.00. The van der Waals surface area contributed by atoms with Crippen LogP contribution >= 0.6 is 15.9 Å². The Labute approximate surface area is 154 Å². The van der Waals surface area contributed by atoms with E-state index >= 15 is 0 Å². The molecule has 0 radical (unpaired) electrons. The standard InChI is InChI=1S/C19H14BrN3.ClH/c20-11-5-6-14-15(21)10-18-19-13(7-8-23(18)17(14)9-11)12-3-1-2-4-16(12)22-19;/h1-6,9-10H,7-8H2,(H2,21,22);1H. The Kier molecular flexibility index (Phi) is 3.55. The van der Waals surface area contributed by atoms with Crippen molar-refractivity contribution in [1.29, 1.82) is 0 Å². The van der Waals surface area contributed by atoms with E-state index in [1.807, 2.05) is 6.07 Å². The fourth-order valence-electron chi connectivity index (χ4n) is 3.75. The van der Waals surface area contributed by atoms with Crippen LogP contribution < -0.4 is 22.7 Å². The van der Waals surface area contributed by atoms with E-state index < -0.39 is 0 Å². The molecule has 0 fully saturated rings. The predicted molar refractivity (Wildman–Crippen MR) is 97.3 cm³/mol. The molecule has 0 saturated carbocycles. The Bertz CT molecular complexity index is 1100. The summed E-state index contributed by atoms with van der Waals surface area (Å²) in [5, 5.41) is 2.43. The molecule has 1 aliphatic rings. The predicted octanol–water partition coefficient (Wildman–Crippen LogP) is 1.18. The maximum Gasteiger partial charge on any atom is 0.231 e. The average molecular weight is 401 g/mol. The Morgan fingerprint density at radius 3 is 2.75 bits per heavy atom. The van der Waals surface area contributed by atoms with Gasteiger partial charge in [0.1, 0.15) is 5.69 Å². The lowest BCUT2D eigenvalue weighted by molar-refractivity contribution is -0.662. The third kappa shape index (κ3) is 2.06. The van der Waals surface area contributed by atoms with Crippen molar-refractivity contribution in [3.8, 4) is 11.4 Å². The van der Waals surface area contributed by atoms with E-state index in [2.05, 4.69) is 67.9 Å². The zero-order valence-electron chi connectivity index (χ0n) is 12.8. The monoisotopic (exact) mass is 399 g/mol. The van der Waals surface area contributed by atoms with Crippen LogP contribution in [0.2, 0.25) is 0 Å². The summed E-state index contributed by atoms with van der Waals surface area (Å²) >= 11 is 3.58. The number of nitrogen functional groups attached to an aromatic ring is 1. The first-order valence-electron chi connectivity index (χ1n) is 7.74. The molecule has 3 heterocycles. The molecule has 2 aromatic carbocycles. The van der Waals surface area contributed by atoms with Gasteiger partial charge in [0.2, 0.25) is 11.2 Å². The lowest BCUT2D eigenvalue weighted by Crippen LogP contribution is -3.00. The van der Waals surface area contributed by atoms with Gasteiger partial charge in [-0.3, -0.25) is 0 Å². The van der Waals surface area contributed by atoms with Crippen LogP contribution in [0, 0.1) is 0 Å². The minimum absolute atomic E-state index is 0. The van der Waals surface area contributed by atoms with Gasteiger partial charge in [-0.1, -0.05) is 34.1 Å². The van der Waals surface area contributed by atoms with Crippen molar-refractivity contribution < 1.29 is 17.0 Å². The molecule has 120 valence electrons. The Balaban J connectivity index is 0.00000146. The summed E-state index contributed by atoms with van der Waals surface area (Å²) in [5.74, 6) is 0. The van der Waals surface area contributed by atoms with Gasteiger partial charge >= 0.3 is 0 Å². The Morgan fingerprint density at radius 1 is 1.04 bits per heavy atom. The van der Waals surface area contributed by atoms with E-state index in [4.69, 9.17) is 5.73 Å². The minimum Gasteiger partial charge on any atom is -1.00 e. The van der Waals surface area contributed by atoms with Gasteiger partial charge in [0.25, 0.3) is 0 Å². The number of para-hydroxylation sites is 1. The number of halogens is 2. The number of rotatable bonds is 0. The Hall–Kier alpha value is -2.04. The van der Waals surface area contributed by atoms with Gasteiger partial charge in [-0.2, -0.15) is 4.57 Å². The third-order valence-corrected chi connectivity index (χ3v) is 5.29. The van der Waals surface area contributed by atoms with Crippen LogP contribution in [0.1, 0.15) is 5.56 Å². The molecular weight excluding hydrogens is 386 g/mol. The molecular formula is C19H15BrClN3. The second-order valence-electron chi connectivity index (χ2n) is 6.07. The van der Waals surface area contributed by atoms with Crippen molar-refractivity contribution >= 4 is 43.4 Å². The summed E-state index contributed by atoms with van der Waals surface area (Å²) < 4.78 is 3.45. The van der Waals surface area contributed by atoms with E-state index in [0.717, 1.165) is 28.5 Å². The highest BCUT2D eigenvalue weighted by Gasteiger charge is 2.29. The van der Waals surface area contributed by atoms with Gasteiger partial charge in [-0.05, 0) is 23.8 Å². The van der Waals surface area contributed by atoms with Crippen LogP contribution in [0.4, 0.5) is 5.69 Å². The summed E-state index contributed by atoms with van der Waals surface area (Å²) in [6.07, 6.45) is 1.03. The van der Waals surface area contributed by atoms with Crippen LogP contribution in [0.15, 0.2) is 53.0 Å². The third-order valence-electron chi connectivity index (χ3n) is 4.80. The number of anilines is 1. The van der Waals surface area contributed by atoms with Crippen molar-refractivity contribution in [1.82, 2.24) is 4.98 Å². The number of fused-ring (bicyclic) bond motifs is 7. The number of hydrogen-bond acceptors (Lipinski definition) is 1. The lowest BCUT2D eigenvalue weighted by Gasteiger charge is -2.14. The van der Waals surface area contributed by atoms with Gasteiger partial charge in [0, 0.05) is 33.9 Å². The number of aromatic nitrogens is 2. The number of benzene rings is 2. The molecule has 0 unspecified atom stereocenters. The molecule has 0 aliphatic carbocycles. The van der Waals surface area contributed by atoms with Crippen molar-refractivity contribution in [2.45, 2.75) is 13.0 Å². The molecule has 5 heteroatoms. The molecule has 1 aliphatic heterocycles. The number of aromatic amines is 1. The molecule has 3 nitrogen and oxygen atoms in total. The first-order valence-corrected chi connectivity index (χ1v) is 8.53. The van der Waals surface area contributed by atoms with Gasteiger partial charge in [0.15, 0.2) is 6.54 Å². The minimum atomic E-state index is 0. The first-order chi connectivity index (χ1) is 11.2. The summed E-state index contributed by atoms with van der Waals surface area (Å²) in [5.41, 5.74) is 13.3. The molecule has 0 atom stereocenters. The number of hydrogen-bond donors (Lipinski definition) is 2. The van der Waals surface area contributed by atoms with Gasteiger partial charge in [-0.25, -0.2) is 0 Å². The second kappa shape index (κ2) is 5.50. The molecule has 5 rings (SSSR count). The van der Waals surface area contributed by atoms with Crippen molar-refractivity contribution in [2.75, 3.05) is 5.73 Å². The van der Waals surface area contributed by atoms with Crippen molar-refractivity contribution in [2.24, 2.45) is 0 Å². The van der Waals surface area contributed by atoms with Crippen LogP contribution in [0.5, 0.6) is 0 Å². The molecule has 0 bridgehead atoms. The highest BCUT2D eigenvalue weighted by Crippen LogP contribution is 2.35. The number of aryl methyl sites for hydroxylation is 2. The van der Waals surface area contributed by atoms with E-state index in [-0.39, 0.29) is 12.4 Å². The summed E-state index contributed by atoms with van der Waals surface area (Å²) in [7, 11) is 0. The van der Waals surface area contributed by atoms with E-state index in [9.17, 15) is 0 Å². The number of nitrogens with zero attached hydrogens (tertiary/aromatic N) is 1. The summed E-state index contributed by atoms with van der Waals surface area (Å²) in [4.78, 5) is 3.59. The molecule has 24 heavy (non-hydrogen) atoms. The quantitative estimate of drug-likeness (QED) is 0.428. The topological polar surface area (TPSA) is 45.7 Å². The number of nitrogens with two attached hydrogens (primary N) is 1. The fourth-order valence-corrected chi connectivity index (χ4v) is 4.10. The fraction of sp³-hybridized carbons (Fsp3) is 0.105. The molecule has 2 aromatic heterocycles. The van der Waals surface area contributed by atoms with E-state index in [0.29, 0.717) is 0 Å². The van der Waals surface area contributed by atoms with Crippen molar-refractivity contribution in [3.63, 3.8) is 0 Å². The molecule has 0 saturated heterocycles. The first kappa shape index (κ1) is 15.5. The zero-order chi connectivity index (χ0) is 15.6. The maximum atomic E-state index is 6.34. The van der Waals surface area contributed by atoms with Crippen LogP contribution in [0.25, 0.3) is 33.2 Å². The second-order valence-corrected chi connectivity index (χ2v) is 6.99. The highest BCUT2D eigenvalue weighted by atomic mass is 79.9.